The Morgan fingerprint density at radius 3 is 2.81 bits per heavy atom. The first kappa shape index (κ1) is 19.9. The number of aromatic nitrogens is 4. The maximum atomic E-state index is 12.1. The zero-order valence-electron chi connectivity index (χ0n) is 17.7. The highest BCUT2D eigenvalue weighted by Crippen LogP contribution is 2.31. The van der Waals surface area contributed by atoms with Gasteiger partial charge in [-0.3, -0.25) is 9.78 Å². The monoisotopic (exact) mass is 425 g/mol. The molecule has 4 heterocycles. The molecule has 2 N–H and O–H groups in total. The standard InChI is InChI=1S/C24H23N7O/c25-13-19-22(26)31-24(29-23(19)30-10-5-1-2-7-18(32)9-11-30)20(15-28-31)17-12-16-6-3-4-8-21(16)27-14-17/h3-4,6,8,12,14-15H,1-2,5,7,9-11,26H2. The lowest BCUT2D eigenvalue weighted by atomic mass is 10.1. The highest BCUT2D eigenvalue weighted by atomic mass is 16.1. The van der Waals surface area contributed by atoms with Crippen molar-refractivity contribution in [3.8, 4) is 17.2 Å². The van der Waals surface area contributed by atoms with Gasteiger partial charge in [-0.25, -0.2) is 4.98 Å². The van der Waals surface area contributed by atoms with Crippen molar-refractivity contribution >= 4 is 34.0 Å². The van der Waals surface area contributed by atoms with Gasteiger partial charge < -0.3 is 10.6 Å². The number of rotatable bonds is 2. The Morgan fingerprint density at radius 1 is 1.06 bits per heavy atom. The molecule has 1 aromatic carbocycles. The van der Waals surface area contributed by atoms with E-state index in [0.717, 1.165) is 47.8 Å². The number of nitrogen functional groups attached to an aromatic ring is 1. The minimum absolute atomic E-state index is 0.247. The number of carbonyl (C=O) groups is 1. The van der Waals surface area contributed by atoms with Gasteiger partial charge >= 0.3 is 0 Å². The number of Topliss-reactive ketones (excluding diaryl/α,β-unsaturated/α-hetero) is 1. The molecule has 0 atom stereocenters. The van der Waals surface area contributed by atoms with Crippen LogP contribution < -0.4 is 10.6 Å². The molecular formula is C24H23N7O. The van der Waals surface area contributed by atoms with Crippen LogP contribution in [0.3, 0.4) is 0 Å². The van der Waals surface area contributed by atoms with Crippen LogP contribution >= 0.6 is 0 Å². The average Bonchev–Trinajstić information content (AvgIpc) is 3.28. The van der Waals surface area contributed by atoms with Crippen LogP contribution in [-0.4, -0.2) is 38.5 Å². The van der Waals surface area contributed by atoms with Gasteiger partial charge in [-0.05, 0) is 25.0 Å². The summed E-state index contributed by atoms with van der Waals surface area (Å²) in [5.74, 6) is 1.01. The predicted octanol–water partition coefficient (Wildman–Crippen LogP) is 3.74. The average molecular weight is 425 g/mol. The molecule has 0 amide bonds. The van der Waals surface area contributed by atoms with E-state index in [9.17, 15) is 10.1 Å². The fourth-order valence-corrected chi connectivity index (χ4v) is 4.27. The number of nitrogens with zero attached hydrogens (tertiary/aromatic N) is 6. The number of hydrogen-bond acceptors (Lipinski definition) is 7. The van der Waals surface area contributed by atoms with E-state index >= 15 is 0 Å². The van der Waals surface area contributed by atoms with Crippen LogP contribution in [0.2, 0.25) is 0 Å². The lowest BCUT2D eigenvalue weighted by Crippen LogP contribution is -2.29. The third kappa shape index (κ3) is 3.52. The van der Waals surface area contributed by atoms with Gasteiger partial charge in [0.2, 0.25) is 0 Å². The Bertz CT molecular complexity index is 1370. The maximum absolute atomic E-state index is 12.1. The number of para-hydroxylation sites is 1. The van der Waals surface area contributed by atoms with Crippen molar-refractivity contribution in [2.45, 2.75) is 32.1 Å². The van der Waals surface area contributed by atoms with Crippen LogP contribution in [0.1, 0.15) is 37.7 Å². The van der Waals surface area contributed by atoms with Crippen LogP contribution in [0.4, 0.5) is 11.6 Å². The summed E-state index contributed by atoms with van der Waals surface area (Å²) in [5.41, 5.74) is 9.81. The summed E-state index contributed by atoms with van der Waals surface area (Å²) in [6.07, 6.45) is 7.39. The minimum atomic E-state index is 0.247. The molecule has 0 spiro atoms. The topological polar surface area (TPSA) is 113 Å². The number of nitriles is 1. The molecule has 0 aliphatic carbocycles. The van der Waals surface area contributed by atoms with Crippen LogP contribution in [0.15, 0.2) is 42.7 Å². The molecule has 3 aromatic heterocycles. The molecule has 4 aromatic rings. The van der Waals surface area contributed by atoms with Crippen molar-refractivity contribution < 1.29 is 4.79 Å². The summed E-state index contributed by atoms with van der Waals surface area (Å²) in [6.45, 7) is 1.25. The van der Waals surface area contributed by atoms with Crippen molar-refractivity contribution in [2.75, 3.05) is 23.7 Å². The normalized spacial score (nSPS) is 15.3. The number of benzene rings is 1. The van der Waals surface area contributed by atoms with Crippen molar-refractivity contribution in [1.82, 2.24) is 19.6 Å². The molecule has 0 radical (unpaired) electrons. The number of hydrogen-bond donors (Lipinski definition) is 1. The second kappa shape index (κ2) is 8.27. The van der Waals surface area contributed by atoms with E-state index in [-0.39, 0.29) is 17.2 Å². The number of fused-ring (bicyclic) bond motifs is 2. The lowest BCUT2D eigenvalue weighted by molar-refractivity contribution is -0.118. The Kier molecular flexibility index (Phi) is 5.15. The van der Waals surface area contributed by atoms with E-state index in [2.05, 4.69) is 16.2 Å². The third-order valence-corrected chi connectivity index (χ3v) is 6.02. The van der Waals surface area contributed by atoms with Crippen molar-refractivity contribution in [1.29, 1.82) is 5.26 Å². The molecule has 5 rings (SSSR count). The van der Waals surface area contributed by atoms with E-state index in [1.165, 1.54) is 4.52 Å². The minimum Gasteiger partial charge on any atom is -0.382 e. The second-order valence-electron chi connectivity index (χ2n) is 8.10. The number of ketones is 1. The molecule has 0 unspecified atom stereocenters. The molecule has 160 valence electrons. The first-order valence-electron chi connectivity index (χ1n) is 10.8. The molecule has 1 aliphatic heterocycles. The fourth-order valence-electron chi connectivity index (χ4n) is 4.27. The number of nitrogens with two attached hydrogens (primary N) is 1. The largest absolute Gasteiger partial charge is 0.382 e. The van der Waals surface area contributed by atoms with Gasteiger partial charge in [0.1, 0.15) is 23.2 Å². The van der Waals surface area contributed by atoms with Crippen LogP contribution in [0.5, 0.6) is 0 Å². The molecule has 0 bridgehead atoms. The Hall–Kier alpha value is -3.99. The van der Waals surface area contributed by atoms with Gasteiger partial charge in [0.25, 0.3) is 0 Å². The van der Waals surface area contributed by atoms with Gasteiger partial charge in [-0.15, -0.1) is 0 Å². The highest BCUT2D eigenvalue weighted by Gasteiger charge is 2.23. The molecular weight excluding hydrogens is 402 g/mol. The summed E-state index contributed by atoms with van der Waals surface area (Å²) in [6, 6.07) is 12.2. The smallest absolute Gasteiger partial charge is 0.167 e. The lowest BCUT2D eigenvalue weighted by Gasteiger charge is -2.24. The zero-order valence-corrected chi connectivity index (χ0v) is 17.7. The number of pyridine rings is 1. The van der Waals surface area contributed by atoms with Crippen LogP contribution in [-0.2, 0) is 4.79 Å². The van der Waals surface area contributed by atoms with Gasteiger partial charge in [0.05, 0.1) is 11.7 Å². The Morgan fingerprint density at radius 2 is 1.94 bits per heavy atom. The summed E-state index contributed by atoms with van der Waals surface area (Å²) < 4.78 is 1.51. The summed E-state index contributed by atoms with van der Waals surface area (Å²) in [7, 11) is 0. The summed E-state index contributed by atoms with van der Waals surface area (Å²) in [5, 5.41) is 15.3. The number of carbonyl (C=O) groups excluding carboxylic acids is 1. The van der Waals surface area contributed by atoms with Gasteiger partial charge in [-0.2, -0.15) is 14.9 Å². The molecule has 1 fully saturated rings. The molecule has 1 aliphatic rings. The van der Waals surface area contributed by atoms with E-state index in [1.807, 2.05) is 35.2 Å². The van der Waals surface area contributed by atoms with Crippen LogP contribution in [0, 0.1) is 11.3 Å². The second-order valence-corrected chi connectivity index (χ2v) is 8.10. The first-order valence-corrected chi connectivity index (χ1v) is 10.8. The van der Waals surface area contributed by atoms with E-state index in [1.54, 1.807) is 12.4 Å². The molecule has 8 nitrogen and oxygen atoms in total. The Balaban J connectivity index is 1.65. The van der Waals surface area contributed by atoms with E-state index < -0.39 is 0 Å². The van der Waals surface area contributed by atoms with Gasteiger partial charge in [-0.1, -0.05) is 24.6 Å². The molecule has 8 heteroatoms. The zero-order chi connectivity index (χ0) is 22.1. The summed E-state index contributed by atoms with van der Waals surface area (Å²) in [4.78, 5) is 23.6. The predicted molar refractivity (Wildman–Crippen MR) is 123 cm³/mol. The Labute approximate surface area is 185 Å². The van der Waals surface area contributed by atoms with Crippen molar-refractivity contribution in [3.63, 3.8) is 0 Å². The maximum Gasteiger partial charge on any atom is 0.167 e. The first-order chi connectivity index (χ1) is 15.7. The molecule has 32 heavy (non-hydrogen) atoms. The van der Waals surface area contributed by atoms with Gasteiger partial charge in [0, 0.05) is 48.6 Å². The van der Waals surface area contributed by atoms with E-state index in [0.29, 0.717) is 30.9 Å². The van der Waals surface area contributed by atoms with Crippen LogP contribution in [0.25, 0.3) is 27.7 Å². The quantitative estimate of drug-likeness (QED) is 0.520. The van der Waals surface area contributed by atoms with Crippen molar-refractivity contribution in [3.05, 3.63) is 48.3 Å². The van der Waals surface area contributed by atoms with Gasteiger partial charge in [0.15, 0.2) is 11.5 Å². The third-order valence-electron chi connectivity index (χ3n) is 6.02. The molecule has 1 saturated heterocycles. The SMILES string of the molecule is N#Cc1c(N2CCCCCC(=O)CC2)nc2c(-c3cnc4ccccc4c3)cnn2c1N. The molecule has 0 saturated carbocycles. The highest BCUT2D eigenvalue weighted by molar-refractivity contribution is 5.88. The summed E-state index contributed by atoms with van der Waals surface area (Å²) >= 11 is 0. The van der Waals surface area contributed by atoms with E-state index in [4.69, 9.17) is 10.7 Å². The van der Waals surface area contributed by atoms with Crippen molar-refractivity contribution in [2.24, 2.45) is 0 Å². The number of anilines is 2. The fraction of sp³-hybridized carbons (Fsp3) is 0.292.